The van der Waals surface area contributed by atoms with Crippen molar-refractivity contribution < 1.29 is 19.4 Å². The van der Waals surface area contributed by atoms with Crippen molar-refractivity contribution in [3.63, 3.8) is 0 Å². The quantitative estimate of drug-likeness (QED) is 0.813. The van der Waals surface area contributed by atoms with Crippen molar-refractivity contribution >= 4 is 5.97 Å². The van der Waals surface area contributed by atoms with Crippen LogP contribution >= 0.6 is 0 Å². The number of carbonyl (C=O) groups excluding carboxylic acids is 1. The number of hydrogen-bond donors (Lipinski definition) is 1. The molecule has 1 aromatic rings. The number of aryl methyl sites for hydroxylation is 1. The lowest BCUT2D eigenvalue weighted by Crippen LogP contribution is -2.33. The molecule has 2 atom stereocenters. The minimum atomic E-state index is -0.860. The van der Waals surface area contributed by atoms with Crippen molar-refractivity contribution in [3.8, 4) is 5.75 Å². The zero-order chi connectivity index (χ0) is 15.3. The van der Waals surface area contributed by atoms with Gasteiger partial charge in [-0.2, -0.15) is 0 Å². The maximum Gasteiger partial charge on any atom is 0.308 e. The summed E-state index contributed by atoms with van der Waals surface area (Å²) in [5.74, 6) is -0.237. The summed E-state index contributed by atoms with van der Waals surface area (Å²) in [6.45, 7) is 7.53. The lowest BCUT2D eigenvalue weighted by molar-refractivity contribution is -0.157. The van der Waals surface area contributed by atoms with E-state index in [1.807, 2.05) is 26.8 Å². The molecule has 0 amide bonds. The predicted octanol–water partition coefficient (Wildman–Crippen LogP) is 3.15. The molecule has 0 unspecified atom stereocenters. The smallest absolute Gasteiger partial charge is 0.308 e. The van der Waals surface area contributed by atoms with E-state index in [0.717, 1.165) is 12.0 Å². The molecule has 0 bridgehead atoms. The number of esters is 1. The van der Waals surface area contributed by atoms with Crippen molar-refractivity contribution in [1.29, 1.82) is 0 Å². The Morgan fingerprint density at radius 1 is 1.45 bits per heavy atom. The Bertz CT molecular complexity index is 470. The fourth-order valence-electron chi connectivity index (χ4n) is 1.85. The van der Waals surface area contributed by atoms with Crippen LogP contribution in [0.1, 0.15) is 38.3 Å². The van der Waals surface area contributed by atoms with Gasteiger partial charge in [0.25, 0.3) is 0 Å². The van der Waals surface area contributed by atoms with Crippen LogP contribution in [-0.4, -0.2) is 24.8 Å². The molecule has 1 aromatic carbocycles. The molecule has 0 heterocycles. The van der Waals surface area contributed by atoms with E-state index in [1.54, 1.807) is 19.1 Å². The largest absolute Gasteiger partial charge is 0.508 e. The minimum Gasteiger partial charge on any atom is -0.508 e. The number of phenols is 1. The van der Waals surface area contributed by atoms with Gasteiger partial charge in [0, 0.05) is 12.7 Å². The molecule has 4 heteroatoms. The zero-order valence-electron chi connectivity index (χ0n) is 12.9. The van der Waals surface area contributed by atoms with Crippen molar-refractivity contribution in [2.75, 3.05) is 13.7 Å². The number of carbonyl (C=O) groups is 1. The zero-order valence-corrected chi connectivity index (χ0v) is 12.9. The van der Waals surface area contributed by atoms with E-state index in [4.69, 9.17) is 9.47 Å². The molecule has 1 N–H and O–H groups in total. The van der Waals surface area contributed by atoms with Crippen LogP contribution in [0.3, 0.4) is 0 Å². The average molecular weight is 280 g/mol. The second-order valence-corrected chi connectivity index (χ2v) is 5.37. The van der Waals surface area contributed by atoms with E-state index < -0.39 is 5.60 Å². The van der Waals surface area contributed by atoms with Gasteiger partial charge in [0.15, 0.2) is 0 Å². The Balaban J connectivity index is 2.89. The van der Waals surface area contributed by atoms with Gasteiger partial charge in [-0.15, -0.1) is 0 Å². The van der Waals surface area contributed by atoms with Gasteiger partial charge >= 0.3 is 5.97 Å². The van der Waals surface area contributed by atoms with Crippen LogP contribution in [0.5, 0.6) is 5.75 Å². The molecule has 112 valence electrons. The maximum atomic E-state index is 11.8. The number of benzene rings is 1. The summed E-state index contributed by atoms with van der Waals surface area (Å²) in [5, 5.41) is 10.1. The minimum absolute atomic E-state index is 0.0727. The Hall–Kier alpha value is -1.55. The summed E-state index contributed by atoms with van der Waals surface area (Å²) >= 11 is 0. The second-order valence-electron chi connectivity index (χ2n) is 5.37. The monoisotopic (exact) mass is 280 g/mol. The third-order valence-electron chi connectivity index (χ3n) is 3.68. The van der Waals surface area contributed by atoms with E-state index in [1.165, 1.54) is 7.11 Å². The molecule has 0 aliphatic heterocycles. The van der Waals surface area contributed by atoms with E-state index in [-0.39, 0.29) is 24.2 Å². The topological polar surface area (TPSA) is 55.8 Å². The number of ether oxygens (including phenoxy) is 2. The van der Waals surface area contributed by atoms with Gasteiger partial charge in [-0.05, 0) is 31.9 Å². The Kier molecular flexibility index (Phi) is 5.57. The summed E-state index contributed by atoms with van der Waals surface area (Å²) in [5.41, 5.74) is 0.713. The number of hydrogen-bond acceptors (Lipinski definition) is 4. The highest BCUT2D eigenvalue weighted by Gasteiger charge is 2.31. The number of rotatable bonds is 6. The molecule has 0 aliphatic carbocycles. The van der Waals surface area contributed by atoms with Crippen LogP contribution in [-0.2, 0) is 19.9 Å². The van der Waals surface area contributed by atoms with E-state index in [9.17, 15) is 9.90 Å². The molecule has 0 spiro atoms. The molecule has 0 saturated heterocycles. The molecule has 0 radical (unpaired) electrons. The Morgan fingerprint density at radius 2 is 2.10 bits per heavy atom. The molecule has 1 rings (SSSR count). The van der Waals surface area contributed by atoms with Crippen LogP contribution in [0.25, 0.3) is 0 Å². The van der Waals surface area contributed by atoms with Gasteiger partial charge in [-0.1, -0.05) is 26.0 Å². The fraction of sp³-hybridized carbons (Fsp3) is 0.562. The average Bonchev–Trinajstić information content (AvgIpc) is 2.43. The first kappa shape index (κ1) is 16.5. The first-order valence-corrected chi connectivity index (χ1v) is 6.86. The molecule has 4 nitrogen and oxygen atoms in total. The van der Waals surface area contributed by atoms with Crippen LogP contribution in [0.15, 0.2) is 18.2 Å². The van der Waals surface area contributed by atoms with Crippen molar-refractivity contribution in [2.24, 2.45) is 5.92 Å². The first-order valence-electron chi connectivity index (χ1n) is 6.86. The Labute approximate surface area is 120 Å². The van der Waals surface area contributed by atoms with Crippen LogP contribution in [0.2, 0.25) is 0 Å². The summed E-state index contributed by atoms with van der Waals surface area (Å²) in [7, 11) is 1.54. The van der Waals surface area contributed by atoms with Crippen LogP contribution < -0.4 is 0 Å². The van der Waals surface area contributed by atoms with E-state index in [2.05, 4.69) is 0 Å². The predicted molar refractivity (Wildman–Crippen MR) is 77.6 cm³/mol. The molecule has 0 fully saturated rings. The SMILES string of the molecule is CC[C@H](C)C(=O)OC[C@@](C)(OC)c1ccc(C)cc1O. The lowest BCUT2D eigenvalue weighted by Gasteiger charge is -2.29. The normalized spacial score (nSPS) is 15.4. The molecular formula is C16H24O4. The number of aromatic hydroxyl groups is 1. The highest BCUT2D eigenvalue weighted by atomic mass is 16.6. The number of methoxy groups -OCH3 is 1. The lowest BCUT2D eigenvalue weighted by atomic mass is 9.94. The molecule has 0 aromatic heterocycles. The van der Waals surface area contributed by atoms with Gasteiger partial charge in [0.1, 0.15) is 18.0 Å². The highest BCUT2D eigenvalue weighted by Crippen LogP contribution is 2.33. The molecular weight excluding hydrogens is 256 g/mol. The van der Waals surface area contributed by atoms with Gasteiger partial charge in [-0.3, -0.25) is 4.79 Å². The number of phenolic OH excluding ortho intramolecular Hbond substituents is 1. The van der Waals surface area contributed by atoms with Gasteiger partial charge in [-0.25, -0.2) is 0 Å². The van der Waals surface area contributed by atoms with Crippen LogP contribution in [0.4, 0.5) is 0 Å². The van der Waals surface area contributed by atoms with E-state index >= 15 is 0 Å². The van der Waals surface area contributed by atoms with Crippen LogP contribution in [0, 0.1) is 12.8 Å². The van der Waals surface area contributed by atoms with Crippen molar-refractivity contribution in [2.45, 2.75) is 39.7 Å². The molecule has 0 aliphatic rings. The van der Waals surface area contributed by atoms with E-state index in [0.29, 0.717) is 5.56 Å². The van der Waals surface area contributed by atoms with Gasteiger partial charge in [0.05, 0.1) is 5.92 Å². The fourth-order valence-corrected chi connectivity index (χ4v) is 1.85. The third kappa shape index (κ3) is 3.73. The third-order valence-corrected chi connectivity index (χ3v) is 3.68. The van der Waals surface area contributed by atoms with Crippen molar-refractivity contribution in [3.05, 3.63) is 29.3 Å². The summed E-state index contributed by atoms with van der Waals surface area (Å²) in [6, 6.07) is 5.36. The summed E-state index contributed by atoms with van der Waals surface area (Å²) in [6.07, 6.45) is 0.734. The molecule has 20 heavy (non-hydrogen) atoms. The maximum absolute atomic E-state index is 11.8. The standard InChI is InChI=1S/C16H24O4/c1-6-12(3)15(18)20-10-16(4,19-5)13-8-7-11(2)9-14(13)17/h7-9,12,17H,6,10H2,1-5H3/t12-,16+/m0/s1. The molecule has 0 saturated carbocycles. The second kappa shape index (κ2) is 6.75. The first-order chi connectivity index (χ1) is 9.34. The van der Waals surface area contributed by atoms with Crippen molar-refractivity contribution in [1.82, 2.24) is 0 Å². The summed E-state index contributed by atoms with van der Waals surface area (Å²) < 4.78 is 10.8. The van der Waals surface area contributed by atoms with Gasteiger partial charge in [0.2, 0.25) is 0 Å². The Morgan fingerprint density at radius 3 is 2.60 bits per heavy atom. The highest BCUT2D eigenvalue weighted by molar-refractivity contribution is 5.72. The van der Waals surface area contributed by atoms with Gasteiger partial charge < -0.3 is 14.6 Å². The summed E-state index contributed by atoms with van der Waals surface area (Å²) in [4.78, 5) is 11.8.